The summed E-state index contributed by atoms with van der Waals surface area (Å²) < 4.78 is 5.36. The topological polar surface area (TPSA) is 86.1 Å². The Hall–Kier alpha value is -2.61. The molecule has 1 fully saturated rings. The molecule has 0 saturated carbocycles. The lowest BCUT2D eigenvalue weighted by atomic mass is 9.95. The molecule has 0 aliphatic carbocycles. The first-order valence-electron chi connectivity index (χ1n) is 13.6. The molecule has 8 nitrogen and oxygen atoms in total. The van der Waals surface area contributed by atoms with Crippen LogP contribution < -0.4 is 5.32 Å². The highest BCUT2D eigenvalue weighted by atomic mass is 16.3. The molecule has 2 unspecified atom stereocenters. The second-order valence-electron chi connectivity index (χ2n) is 11.3. The predicted octanol–water partition coefficient (Wildman–Crippen LogP) is 4.07. The minimum atomic E-state index is -0.638. The monoisotopic (exact) mass is 516 g/mol. The molecule has 3 amide bonds. The van der Waals surface area contributed by atoms with E-state index < -0.39 is 6.04 Å². The summed E-state index contributed by atoms with van der Waals surface area (Å²) in [7, 11) is 3.49. The van der Waals surface area contributed by atoms with E-state index in [1.165, 1.54) is 0 Å². The molecule has 1 aliphatic rings. The van der Waals surface area contributed by atoms with Crippen LogP contribution in [0.1, 0.15) is 73.5 Å². The Bertz CT molecular complexity index is 922. The fourth-order valence-corrected chi connectivity index (χ4v) is 5.07. The second-order valence-corrected chi connectivity index (χ2v) is 11.3. The molecule has 37 heavy (non-hydrogen) atoms. The standard InChI is InChI=1S/C29H48N4O4/c1-19(2)25(17-22(7)28(35)31(8)18-23-13-12-16-37-23)32(9)29(36)26(20(3)4)30-27(34)24-14-10-11-15-33(24)21(5)6/h12-13,16-17,19-21,24-26H,10-11,14-15,18H2,1-9H3,(H,30,34)/b22-17+/t24?,25-,26?/m1/s1. The molecule has 1 aliphatic heterocycles. The third-order valence-corrected chi connectivity index (χ3v) is 7.30. The van der Waals surface area contributed by atoms with E-state index in [4.69, 9.17) is 4.42 Å². The summed E-state index contributed by atoms with van der Waals surface area (Å²) >= 11 is 0. The molecule has 3 atom stereocenters. The van der Waals surface area contributed by atoms with Crippen molar-refractivity contribution < 1.29 is 18.8 Å². The smallest absolute Gasteiger partial charge is 0.249 e. The number of carbonyl (C=O) groups is 3. The minimum absolute atomic E-state index is 0.0728. The zero-order valence-electron chi connectivity index (χ0n) is 24.3. The highest BCUT2D eigenvalue weighted by Gasteiger charge is 2.36. The number of nitrogens with zero attached hydrogens (tertiary/aromatic N) is 3. The summed E-state index contributed by atoms with van der Waals surface area (Å²) in [6.07, 6.45) is 6.37. The number of likely N-dealkylation sites (tertiary alicyclic amines) is 1. The van der Waals surface area contributed by atoms with Crippen molar-refractivity contribution in [3.63, 3.8) is 0 Å². The van der Waals surface area contributed by atoms with Crippen molar-refractivity contribution in [3.8, 4) is 0 Å². The van der Waals surface area contributed by atoms with Gasteiger partial charge in [0.1, 0.15) is 11.8 Å². The molecule has 1 aromatic heterocycles. The van der Waals surface area contributed by atoms with Crippen molar-refractivity contribution in [3.05, 3.63) is 35.8 Å². The Morgan fingerprint density at radius 1 is 1.11 bits per heavy atom. The lowest BCUT2D eigenvalue weighted by Crippen LogP contribution is -2.58. The number of hydrogen-bond donors (Lipinski definition) is 1. The number of likely N-dealkylation sites (N-methyl/N-ethyl adjacent to an activating group) is 2. The van der Waals surface area contributed by atoms with Gasteiger partial charge in [0.2, 0.25) is 17.7 Å². The lowest BCUT2D eigenvalue weighted by molar-refractivity contribution is -0.140. The highest BCUT2D eigenvalue weighted by molar-refractivity contribution is 5.93. The quantitative estimate of drug-likeness (QED) is 0.448. The van der Waals surface area contributed by atoms with Gasteiger partial charge in [0.25, 0.3) is 0 Å². The number of carbonyl (C=O) groups excluding carboxylic acids is 3. The number of rotatable bonds is 11. The zero-order valence-corrected chi connectivity index (χ0v) is 24.3. The normalized spacial score (nSPS) is 18.7. The first kappa shape index (κ1) is 30.6. The van der Waals surface area contributed by atoms with Crippen LogP contribution in [0.4, 0.5) is 0 Å². The molecule has 1 aromatic rings. The van der Waals surface area contributed by atoms with Gasteiger partial charge in [0.05, 0.1) is 24.9 Å². The van der Waals surface area contributed by atoms with Crippen LogP contribution in [0, 0.1) is 11.8 Å². The average Bonchev–Trinajstić information content (AvgIpc) is 3.36. The summed E-state index contributed by atoms with van der Waals surface area (Å²) in [6, 6.07) is 2.76. The summed E-state index contributed by atoms with van der Waals surface area (Å²) in [6.45, 7) is 15.2. The van der Waals surface area contributed by atoms with Crippen molar-refractivity contribution in [2.75, 3.05) is 20.6 Å². The minimum Gasteiger partial charge on any atom is -0.467 e. The third-order valence-electron chi connectivity index (χ3n) is 7.30. The molecular formula is C29H48N4O4. The van der Waals surface area contributed by atoms with E-state index in [9.17, 15) is 14.4 Å². The van der Waals surface area contributed by atoms with E-state index in [1.807, 2.05) is 39.8 Å². The van der Waals surface area contributed by atoms with E-state index in [1.54, 1.807) is 43.1 Å². The largest absolute Gasteiger partial charge is 0.467 e. The van der Waals surface area contributed by atoms with Gasteiger partial charge in [-0.15, -0.1) is 0 Å². The molecule has 0 bridgehead atoms. The van der Waals surface area contributed by atoms with E-state index in [0.717, 1.165) is 25.8 Å². The maximum Gasteiger partial charge on any atom is 0.249 e. The number of piperidine rings is 1. The summed E-state index contributed by atoms with van der Waals surface area (Å²) in [5.74, 6) is 0.369. The van der Waals surface area contributed by atoms with Gasteiger partial charge >= 0.3 is 0 Å². The van der Waals surface area contributed by atoms with Crippen molar-refractivity contribution in [1.82, 2.24) is 20.0 Å². The van der Waals surface area contributed by atoms with Crippen molar-refractivity contribution in [1.29, 1.82) is 0 Å². The lowest BCUT2D eigenvalue weighted by Gasteiger charge is -2.39. The highest BCUT2D eigenvalue weighted by Crippen LogP contribution is 2.22. The Labute approximate surface area is 223 Å². The number of amides is 3. The SMILES string of the molecule is C/C(=C\[C@H](C(C)C)N(C)C(=O)C(NC(=O)C1CCCCN1C(C)C)C(C)C)C(=O)N(C)Cc1ccco1. The van der Waals surface area contributed by atoms with Gasteiger partial charge < -0.3 is 19.5 Å². The van der Waals surface area contributed by atoms with Crippen LogP contribution in [-0.4, -0.2) is 77.2 Å². The summed E-state index contributed by atoms with van der Waals surface area (Å²) in [4.78, 5) is 45.6. The van der Waals surface area contributed by atoms with E-state index in [0.29, 0.717) is 17.9 Å². The summed E-state index contributed by atoms with van der Waals surface area (Å²) in [5, 5.41) is 3.09. The van der Waals surface area contributed by atoms with Crippen LogP contribution in [0.5, 0.6) is 0 Å². The maximum absolute atomic E-state index is 13.7. The average molecular weight is 517 g/mol. The molecule has 1 N–H and O–H groups in total. The van der Waals surface area contributed by atoms with Gasteiger partial charge in [0.15, 0.2) is 0 Å². The summed E-state index contributed by atoms with van der Waals surface area (Å²) in [5.41, 5.74) is 0.562. The fourth-order valence-electron chi connectivity index (χ4n) is 5.07. The van der Waals surface area contributed by atoms with Gasteiger partial charge in [-0.25, -0.2) is 0 Å². The van der Waals surface area contributed by atoms with Gasteiger partial charge in [-0.3, -0.25) is 19.3 Å². The van der Waals surface area contributed by atoms with Gasteiger partial charge in [-0.1, -0.05) is 40.2 Å². The molecule has 0 spiro atoms. The first-order valence-corrected chi connectivity index (χ1v) is 13.6. The van der Waals surface area contributed by atoms with Gasteiger partial charge in [-0.05, 0) is 64.1 Å². The van der Waals surface area contributed by atoms with Crippen molar-refractivity contribution >= 4 is 17.7 Å². The third kappa shape index (κ3) is 8.19. The van der Waals surface area contributed by atoms with Crippen LogP contribution in [0.3, 0.4) is 0 Å². The number of hydrogen-bond acceptors (Lipinski definition) is 5. The Balaban J connectivity index is 2.17. The molecule has 208 valence electrons. The maximum atomic E-state index is 13.7. The second kappa shape index (κ2) is 13.8. The van der Waals surface area contributed by atoms with E-state index in [2.05, 4.69) is 24.1 Å². The van der Waals surface area contributed by atoms with E-state index in [-0.39, 0.29) is 47.7 Å². The van der Waals surface area contributed by atoms with Crippen LogP contribution in [0.25, 0.3) is 0 Å². The molecule has 0 aromatic carbocycles. The van der Waals surface area contributed by atoms with Crippen LogP contribution in [0.15, 0.2) is 34.5 Å². The molecule has 8 heteroatoms. The molecular weight excluding hydrogens is 468 g/mol. The Morgan fingerprint density at radius 3 is 2.32 bits per heavy atom. The van der Waals surface area contributed by atoms with Crippen LogP contribution in [-0.2, 0) is 20.9 Å². The molecule has 2 heterocycles. The molecule has 1 saturated heterocycles. The fraction of sp³-hybridized carbons (Fsp3) is 0.690. The number of furan rings is 1. The predicted molar refractivity (Wildman–Crippen MR) is 147 cm³/mol. The van der Waals surface area contributed by atoms with Crippen molar-refractivity contribution in [2.45, 2.75) is 98.4 Å². The van der Waals surface area contributed by atoms with Crippen molar-refractivity contribution in [2.24, 2.45) is 11.8 Å². The first-order chi connectivity index (χ1) is 17.3. The Kier molecular flexibility index (Phi) is 11.4. The molecule has 0 radical (unpaired) electrons. The van der Waals surface area contributed by atoms with E-state index >= 15 is 0 Å². The van der Waals surface area contributed by atoms with Gasteiger partial charge in [-0.2, -0.15) is 0 Å². The zero-order chi connectivity index (χ0) is 27.9. The Morgan fingerprint density at radius 2 is 1.78 bits per heavy atom. The van der Waals surface area contributed by atoms with Crippen LogP contribution in [0.2, 0.25) is 0 Å². The number of nitrogens with one attached hydrogen (secondary N) is 1. The van der Waals surface area contributed by atoms with Gasteiger partial charge in [0, 0.05) is 25.7 Å². The van der Waals surface area contributed by atoms with Crippen LogP contribution >= 0.6 is 0 Å². The molecule has 2 rings (SSSR count).